The van der Waals surface area contributed by atoms with Crippen LogP contribution in [0.4, 0.5) is 16.2 Å². The molecule has 1 saturated carbocycles. The molecule has 3 aliphatic rings. The van der Waals surface area contributed by atoms with Gasteiger partial charge in [0, 0.05) is 49.1 Å². The summed E-state index contributed by atoms with van der Waals surface area (Å²) >= 11 is 5.80. The summed E-state index contributed by atoms with van der Waals surface area (Å²) < 4.78 is 22.1. The standard InChI is InChI=1S/C25H31ClFN7O/c1-15(9-20(27)10-16(2)26)23-24-31-25(32-34(24)7-4-8-35-23)30-22-18-5-6-19(22)13-33(12-18)21-11-17(3)28-14-29-21/h9-11,14,18-19,22-23H,1,4-8,12-13H2,2-3H3,(H,30,32)/b16-10+,20-9+/t18-,19+,22?,23-/m1/s1. The summed E-state index contributed by atoms with van der Waals surface area (Å²) in [5.74, 6) is 2.73. The number of aryl methyl sites for hydroxylation is 2. The molecule has 2 fully saturated rings. The van der Waals surface area contributed by atoms with Crippen molar-refractivity contribution in [2.45, 2.75) is 51.8 Å². The van der Waals surface area contributed by atoms with E-state index >= 15 is 0 Å². The van der Waals surface area contributed by atoms with Crippen LogP contribution < -0.4 is 10.2 Å². The van der Waals surface area contributed by atoms with Gasteiger partial charge >= 0.3 is 0 Å². The number of nitrogens with one attached hydrogen (secondary N) is 1. The van der Waals surface area contributed by atoms with Crippen molar-refractivity contribution in [3.63, 3.8) is 0 Å². The Morgan fingerprint density at radius 1 is 1.26 bits per heavy atom. The van der Waals surface area contributed by atoms with Crippen LogP contribution in [0.2, 0.25) is 0 Å². The number of hydrogen-bond donors (Lipinski definition) is 1. The summed E-state index contributed by atoms with van der Waals surface area (Å²) in [7, 11) is 0. The zero-order chi connectivity index (χ0) is 24.5. The summed E-state index contributed by atoms with van der Waals surface area (Å²) in [5.41, 5.74) is 1.46. The van der Waals surface area contributed by atoms with Crippen molar-refractivity contribution < 1.29 is 9.13 Å². The molecule has 2 aromatic rings. The Morgan fingerprint density at radius 3 is 2.74 bits per heavy atom. The fraction of sp³-hybridized carbons (Fsp3) is 0.520. The van der Waals surface area contributed by atoms with E-state index in [2.05, 4.69) is 32.8 Å². The first-order valence-corrected chi connectivity index (χ1v) is 12.5. The van der Waals surface area contributed by atoms with E-state index in [0.717, 1.165) is 43.9 Å². The van der Waals surface area contributed by atoms with Gasteiger partial charge in [-0.2, -0.15) is 4.98 Å². The number of hydrogen-bond acceptors (Lipinski definition) is 7. The summed E-state index contributed by atoms with van der Waals surface area (Å²) in [4.78, 5) is 15.9. The van der Waals surface area contributed by atoms with Crippen molar-refractivity contribution >= 4 is 23.4 Å². The SMILES string of the molecule is C=C(/C=C(F)\C=C(/C)Cl)[C@H]1OCCCn2nc(NC3[C@@H]4CC[C@H]3CN(c3cc(C)ncn3)C4)nc21. The first-order chi connectivity index (χ1) is 16.9. The van der Waals surface area contributed by atoms with E-state index in [4.69, 9.17) is 26.4 Å². The normalized spacial score (nSPS) is 26.9. The van der Waals surface area contributed by atoms with Gasteiger partial charge in [-0.3, -0.25) is 0 Å². The Hall–Kier alpha value is -2.78. The molecule has 2 aromatic heterocycles. The molecule has 2 aliphatic heterocycles. The van der Waals surface area contributed by atoms with E-state index in [-0.39, 0.29) is 0 Å². The molecule has 1 N–H and O–H groups in total. The minimum Gasteiger partial charge on any atom is -0.365 e. The van der Waals surface area contributed by atoms with Gasteiger partial charge in [0.05, 0.1) is 0 Å². The van der Waals surface area contributed by atoms with Crippen LogP contribution in [0.15, 0.2) is 47.6 Å². The van der Waals surface area contributed by atoms with Gasteiger partial charge in [-0.15, -0.1) is 5.10 Å². The number of anilines is 2. The van der Waals surface area contributed by atoms with Gasteiger partial charge in [-0.25, -0.2) is 19.0 Å². The third-order valence-corrected chi connectivity index (χ3v) is 7.08. The zero-order valence-corrected chi connectivity index (χ0v) is 20.9. The first-order valence-electron chi connectivity index (χ1n) is 12.1. The van der Waals surface area contributed by atoms with E-state index in [1.54, 1.807) is 13.3 Å². The number of nitrogens with zero attached hydrogens (tertiary/aromatic N) is 6. The molecular formula is C25H31ClFN7O. The molecule has 1 aliphatic carbocycles. The Labute approximate surface area is 209 Å². The molecular weight excluding hydrogens is 469 g/mol. The fourth-order valence-corrected chi connectivity index (χ4v) is 5.53. The number of aromatic nitrogens is 5. The lowest BCUT2D eigenvalue weighted by atomic mass is 9.92. The number of fused-ring (bicyclic) bond motifs is 3. The van der Waals surface area contributed by atoms with E-state index in [1.807, 2.05) is 11.6 Å². The third kappa shape index (κ3) is 5.26. The van der Waals surface area contributed by atoms with Crippen LogP contribution in [-0.2, 0) is 11.3 Å². The average molecular weight is 500 g/mol. The van der Waals surface area contributed by atoms with Crippen LogP contribution in [0.5, 0.6) is 0 Å². The maximum absolute atomic E-state index is 14.2. The van der Waals surface area contributed by atoms with Crippen LogP contribution >= 0.6 is 11.6 Å². The Morgan fingerprint density at radius 2 is 2.03 bits per heavy atom. The molecule has 35 heavy (non-hydrogen) atoms. The van der Waals surface area contributed by atoms with Crippen LogP contribution in [0, 0.1) is 18.8 Å². The molecule has 1 saturated heterocycles. The molecule has 0 spiro atoms. The highest BCUT2D eigenvalue weighted by molar-refractivity contribution is 6.29. The second-order valence-corrected chi connectivity index (χ2v) is 10.2. The maximum Gasteiger partial charge on any atom is 0.242 e. The van der Waals surface area contributed by atoms with Crippen LogP contribution in [0.1, 0.15) is 43.8 Å². The highest BCUT2D eigenvalue weighted by Crippen LogP contribution is 2.40. The Kier molecular flexibility index (Phi) is 6.88. The molecule has 0 radical (unpaired) electrons. The molecule has 5 rings (SSSR count). The third-order valence-electron chi connectivity index (χ3n) is 6.97. The lowest BCUT2D eigenvalue weighted by Crippen LogP contribution is -2.48. The van der Waals surface area contributed by atoms with E-state index in [9.17, 15) is 4.39 Å². The quantitative estimate of drug-likeness (QED) is 0.576. The zero-order valence-electron chi connectivity index (χ0n) is 20.1. The lowest BCUT2D eigenvalue weighted by molar-refractivity contribution is 0.0809. The number of piperidine rings is 1. The van der Waals surface area contributed by atoms with Crippen LogP contribution in [-0.4, -0.2) is 50.5 Å². The number of allylic oxidation sites excluding steroid dienone is 3. The second-order valence-electron chi connectivity index (χ2n) is 9.65. The highest BCUT2D eigenvalue weighted by atomic mass is 35.5. The van der Waals surface area contributed by atoms with Gasteiger partial charge in [0.2, 0.25) is 5.95 Å². The molecule has 186 valence electrons. The summed E-state index contributed by atoms with van der Waals surface area (Å²) in [5, 5.41) is 8.73. The molecule has 4 atom stereocenters. The average Bonchev–Trinajstić information content (AvgIpc) is 3.20. The van der Waals surface area contributed by atoms with Crippen LogP contribution in [0.3, 0.4) is 0 Å². The highest BCUT2D eigenvalue weighted by Gasteiger charge is 2.43. The topological polar surface area (TPSA) is 81.0 Å². The number of halogens is 2. The van der Waals surface area contributed by atoms with Crippen molar-refractivity contribution in [3.8, 4) is 0 Å². The summed E-state index contributed by atoms with van der Waals surface area (Å²) in [6.07, 6.45) is 6.81. The molecule has 4 heterocycles. The molecule has 0 aromatic carbocycles. The largest absolute Gasteiger partial charge is 0.365 e. The minimum absolute atomic E-state index is 0.303. The van der Waals surface area contributed by atoms with E-state index in [0.29, 0.717) is 53.4 Å². The second kappa shape index (κ2) is 10.1. The van der Waals surface area contributed by atoms with Crippen molar-refractivity contribution in [2.24, 2.45) is 11.8 Å². The minimum atomic E-state index is -0.560. The van der Waals surface area contributed by atoms with E-state index < -0.39 is 11.9 Å². The monoisotopic (exact) mass is 499 g/mol. The van der Waals surface area contributed by atoms with Crippen molar-refractivity contribution in [1.29, 1.82) is 0 Å². The van der Waals surface area contributed by atoms with Gasteiger partial charge in [0.1, 0.15) is 24.1 Å². The van der Waals surface area contributed by atoms with Crippen molar-refractivity contribution in [3.05, 3.63) is 59.1 Å². The van der Waals surface area contributed by atoms with Gasteiger partial charge in [0.25, 0.3) is 0 Å². The molecule has 10 heteroatoms. The predicted octanol–water partition coefficient (Wildman–Crippen LogP) is 4.72. The molecule has 0 amide bonds. The van der Waals surface area contributed by atoms with E-state index in [1.165, 1.54) is 12.2 Å². The van der Waals surface area contributed by atoms with Gasteiger partial charge < -0.3 is 15.0 Å². The number of ether oxygens (including phenoxy) is 1. The van der Waals surface area contributed by atoms with Crippen molar-refractivity contribution in [2.75, 3.05) is 29.9 Å². The maximum atomic E-state index is 14.2. The Bertz CT molecular complexity index is 1140. The van der Waals surface area contributed by atoms with Crippen molar-refractivity contribution in [1.82, 2.24) is 24.7 Å². The molecule has 2 bridgehead atoms. The summed E-state index contributed by atoms with van der Waals surface area (Å²) in [6.45, 7) is 10.8. The van der Waals surface area contributed by atoms with Gasteiger partial charge in [-0.05, 0) is 62.7 Å². The smallest absolute Gasteiger partial charge is 0.242 e. The van der Waals surface area contributed by atoms with Gasteiger partial charge in [-0.1, -0.05) is 18.2 Å². The lowest BCUT2D eigenvalue weighted by Gasteiger charge is -2.38. The summed E-state index contributed by atoms with van der Waals surface area (Å²) in [6, 6.07) is 2.35. The number of rotatable bonds is 6. The molecule has 8 nitrogen and oxygen atoms in total. The van der Waals surface area contributed by atoms with Crippen LogP contribution in [0.25, 0.3) is 0 Å². The predicted molar refractivity (Wildman–Crippen MR) is 134 cm³/mol. The first kappa shape index (κ1) is 23.9. The Balaban J connectivity index is 1.32. The molecule has 1 unspecified atom stereocenters. The fourth-order valence-electron chi connectivity index (χ4n) is 5.43. The van der Waals surface area contributed by atoms with Gasteiger partial charge in [0.15, 0.2) is 5.82 Å².